The van der Waals surface area contributed by atoms with E-state index in [1.54, 1.807) is 57.8 Å². The van der Waals surface area contributed by atoms with Crippen molar-refractivity contribution in [2.75, 3.05) is 0 Å². The third-order valence-electron chi connectivity index (χ3n) is 17.0. The maximum Gasteiger partial charge on any atom is -0.0286 e. The Morgan fingerprint density at radius 2 is 0.719 bits per heavy atom. The van der Waals surface area contributed by atoms with E-state index in [-0.39, 0.29) is 0 Å². The van der Waals surface area contributed by atoms with Gasteiger partial charge in [0.1, 0.15) is 0 Å². The molecule has 10 bridgehead atoms. The van der Waals surface area contributed by atoms with Crippen LogP contribution in [0.3, 0.4) is 0 Å². The van der Waals surface area contributed by atoms with Crippen LogP contribution < -0.4 is 0 Å². The normalized spacial score (nSPS) is 77.4. The number of rotatable bonds is 0. The lowest BCUT2D eigenvalue weighted by Gasteiger charge is -2.50. The highest BCUT2D eigenvalue weighted by Gasteiger charge is 2.81. The van der Waals surface area contributed by atoms with E-state index in [0.717, 1.165) is 11.8 Å². The molecule has 0 aliphatic heterocycles. The van der Waals surface area contributed by atoms with Crippen LogP contribution >= 0.6 is 0 Å². The summed E-state index contributed by atoms with van der Waals surface area (Å²) >= 11 is 0. The van der Waals surface area contributed by atoms with Gasteiger partial charge in [0.25, 0.3) is 0 Å². The Hall–Kier alpha value is 0. The Morgan fingerprint density at radius 3 is 1.25 bits per heavy atom. The lowest BCUT2D eigenvalue weighted by atomic mass is 9.54. The summed E-state index contributed by atoms with van der Waals surface area (Å²) in [7, 11) is 0. The molecule has 11 aliphatic rings. The monoisotopic (exact) mass is 428 g/mol. The average molecular weight is 429 g/mol. The molecule has 0 heterocycles. The molecule has 0 amide bonds. The van der Waals surface area contributed by atoms with Crippen LogP contribution in [-0.4, -0.2) is 0 Å². The van der Waals surface area contributed by atoms with Gasteiger partial charge in [0.05, 0.1) is 0 Å². The molecular weight excluding hydrogens is 384 g/mol. The Labute approximate surface area is 195 Å². The summed E-state index contributed by atoms with van der Waals surface area (Å²) in [4.78, 5) is 0. The van der Waals surface area contributed by atoms with Crippen LogP contribution in [0.15, 0.2) is 0 Å². The molecule has 0 radical (unpaired) electrons. The molecule has 0 aromatic carbocycles. The van der Waals surface area contributed by atoms with Gasteiger partial charge in [-0.15, -0.1) is 0 Å². The van der Waals surface area contributed by atoms with Crippen molar-refractivity contribution in [3.05, 3.63) is 0 Å². The molecule has 11 rings (SSSR count). The maximum atomic E-state index is 2.85. The van der Waals surface area contributed by atoms with Crippen molar-refractivity contribution < 1.29 is 0 Å². The summed E-state index contributed by atoms with van der Waals surface area (Å²) in [6.45, 7) is 5.70. The largest absolute Gasteiger partial charge is 0.0593 e. The zero-order chi connectivity index (χ0) is 20.4. The summed E-state index contributed by atoms with van der Waals surface area (Å²) in [5.41, 5.74) is 0.682. The van der Waals surface area contributed by atoms with Crippen molar-refractivity contribution in [2.45, 2.75) is 71.6 Å². The summed E-state index contributed by atoms with van der Waals surface area (Å²) in [6, 6.07) is 0. The van der Waals surface area contributed by atoms with Crippen LogP contribution in [0.2, 0.25) is 0 Å². The predicted molar refractivity (Wildman–Crippen MR) is 125 cm³/mol. The van der Waals surface area contributed by atoms with Gasteiger partial charge in [0, 0.05) is 0 Å². The van der Waals surface area contributed by atoms with Crippen LogP contribution in [0.5, 0.6) is 0 Å². The average Bonchev–Trinajstić information content (AvgIpc) is 3.63. The Balaban J connectivity index is 1.02. The fourth-order valence-corrected chi connectivity index (χ4v) is 17.9. The van der Waals surface area contributed by atoms with Crippen molar-refractivity contribution in [3.8, 4) is 0 Å². The lowest BCUT2D eigenvalue weighted by molar-refractivity contribution is -0.0358. The predicted octanol–water partition coefficient (Wildman–Crippen LogP) is 7.00. The number of fused-ring (bicyclic) bond motifs is 32. The van der Waals surface area contributed by atoms with Gasteiger partial charge < -0.3 is 0 Å². The number of hydrogen-bond acceptors (Lipinski definition) is 0. The highest BCUT2D eigenvalue weighted by atomic mass is 14.9. The van der Waals surface area contributed by atoms with Gasteiger partial charge >= 0.3 is 0 Å². The third-order valence-corrected chi connectivity index (χ3v) is 17.0. The zero-order valence-electron chi connectivity index (χ0n) is 20.4. The second-order valence-corrected chi connectivity index (χ2v) is 16.8. The maximum absolute atomic E-state index is 2.85. The molecule has 172 valence electrons. The third kappa shape index (κ3) is 1.49. The van der Waals surface area contributed by atoms with E-state index < -0.39 is 0 Å². The van der Waals surface area contributed by atoms with Crippen molar-refractivity contribution >= 4 is 0 Å². The Kier molecular flexibility index (Phi) is 2.70. The standard InChI is InChI=1S/C32H44/c1-32(2)30-20-10-18(24-14-5-6-15(8-14)25(20)24)28(30)29-19-11-21(31(29)32)27-17-9-16(26(19)27)22-12-3-4-13(7-12)23(17)22/h12-31H,3-11H2,1-2H3. The molecule has 11 saturated carbocycles. The smallest absolute Gasteiger partial charge is 0.0286 e. The molecular formula is C32H44. The second kappa shape index (κ2) is 4.96. The Bertz CT molecular complexity index is 930. The molecule has 20 unspecified atom stereocenters. The summed E-state index contributed by atoms with van der Waals surface area (Å²) in [5, 5.41) is 0. The van der Waals surface area contributed by atoms with E-state index in [4.69, 9.17) is 0 Å². The Morgan fingerprint density at radius 1 is 0.375 bits per heavy atom. The molecule has 0 heteroatoms. The molecule has 11 aliphatic carbocycles. The van der Waals surface area contributed by atoms with Crippen LogP contribution in [0.4, 0.5) is 0 Å². The van der Waals surface area contributed by atoms with Gasteiger partial charge in [-0.25, -0.2) is 0 Å². The van der Waals surface area contributed by atoms with E-state index in [1.165, 1.54) is 107 Å². The van der Waals surface area contributed by atoms with Crippen molar-refractivity contribution in [1.29, 1.82) is 0 Å². The molecule has 0 spiro atoms. The molecule has 0 nitrogen and oxygen atoms in total. The van der Waals surface area contributed by atoms with E-state index in [9.17, 15) is 0 Å². The van der Waals surface area contributed by atoms with E-state index in [1.807, 2.05) is 0 Å². The zero-order valence-corrected chi connectivity index (χ0v) is 20.4. The van der Waals surface area contributed by atoms with Gasteiger partial charge in [0.2, 0.25) is 0 Å². The second-order valence-electron chi connectivity index (χ2n) is 16.8. The van der Waals surface area contributed by atoms with E-state index >= 15 is 0 Å². The van der Waals surface area contributed by atoms with Gasteiger partial charge in [-0.05, 0) is 182 Å². The van der Waals surface area contributed by atoms with Crippen molar-refractivity contribution in [3.63, 3.8) is 0 Å². The first kappa shape index (κ1) is 17.4. The van der Waals surface area contributed by atoms with Crippen LogP contribution in [0.25, 0.3) is 0 Å². The summed E-state index contributed by atoms with van der Waals surface area (Å²) in [5.74, 6) is 24.0. The van der Waals surface area contributed by atoms with Gasteiger partial charge in [-0.2, -0.15) is 0 Å². The summed E-state index contributed by atoms with van der Waals surface area (Å²) in [6.07, 6.45) is 15.0. The minimum Gasteiger partial charge on any atom is -0.0593 e. The molecule has 11 fully saturated rings. The first-order valence-corrected chi connectivity index (χ1v) is 15.6. The summed E-state index contributed by atoms with van der Waals surface area (Å²) < 4.78 is 0. The molecule has 0 aromatic heterocycles. The highest BCUT2D eigenvalue weighted by molar-refractivity contribution is 5.28. The molecule has 32 heavy (non-hydrogen) atoms. The van der Waals surface area contributed by atoms with Crippen molar-refractivity contribution in [2.24, 2.45) is 124 Å². The van der Waals surface area contributed by atoms with Crippen molar-refractivity contribution in [1.82, 2.24) is 0 Å². The van der Waals surface area contributed by atoms with Crippen LogP contribution in [0, 0.1) is 124 Å². The van der Waals surface area contributed by atoms with E-state index in [0.29, 0.717) is 5.41 Å². The minimum atomic E-state index is 0.682. The van der Waals surface area contributed by atoms with Crippen LogP contribution in [-0.2, 0) is 0 Å². The molecule has 20 atom stereocenters. The molecule has 0 N–H and O–H groups in total. The fraction of sp³-hybridized carbons (Fsp3) is 1.00. The van der Waals surface area contributed by atoms with Crippen LogP contribution in [0.1, 0.15) is 71.6 Å². The highest BCUT2D eigenvalue weighted by Crippen LogP contribution is 2.86. The van der Waals surface area contributed by atoms with E-state index in [2.05, 4.69) is 13.8 Å². The lowest BCUT2D eigenvalue weighted by Crippen LogP contribution is -2.47. The van der Waals surface area contributed by atoms with Gasteiger partial charge in [-0.1, -0.05) is 13.8 Å². The minimum absolute atomic E-state index is 0.682. The molecule has 0 saturated heterocycles. The first-order valence-electron chi connectivity index (χ1n) is 15.6. The SMILES string of the molecule is CC1(C)C2C3CC(C4C5CCC(C5)C34)C2C2C3CC(C4C5CC(C6C7CCC(C7)C56)C34)C21. The quantitative estimate of drug-likeness (QED) is 0.364. The topological polar surface area (TPSA) is 0 Å². The molecule has 0 aromatic rings. The first-order chi connectivity index (χ1) is 15.6. The fourth-order valence-electron chi connectivity index (χ4n) is 17.9. The van der Waals surface area contributed by atoms with Gasteiger partial charge in [0.15, 0.2) is 0 Å². The van der Waals surface area contributed by atoms with Gasteiger partial charge in [-0.3, -0.25) is 0 Å². The number of hydrogen-bond donors (Lipinski definition) is 0.